The molecular formula is C14H9Cl2N3O3. The number of anilines is 1. The quantitative estimate of drug-likeness (QED) is 0.797. The van der Waals surface area contributed by atoms with Gasteiger partial charge in [0.25, 0.3) is 0 Å². The highest BCUT2D eigenvalue weighted by Gasteiger charge is 2.13. The highest BCUT2D eigenvalue weighted by atomic mass is 35.5. The molecular weight excluding hydrogens is 329 g/mol. The van der Waals surface area contributed by atoms with Crippen molar-refractivity contribution in [2.24, 2.45) is 0 Å². The van der Waals surface area contributed by atoms with Crippen LogP contribution in [0.15, 0.2) is 45.7 Å². The molecule has 3 rings (SSSR count). The van der Waals surface area contributed by atoms with Gasteiger partial charge in [0.1, 0.15) is 12.4 Å². The molecule has 22 heavy (non-hydrogen) atoms. The summed E-state index contributed by atoms with van der Waals surface area (Å²) in [5.41, 5.74) is 0.823. The molecule has 8 heteroatoms. The van der Waals surface area contributed by atoms with Gasteiger partial charge < -0.3 is 9.73 Å². The molecule has 0 radical (unpaired) electrons. The predicted molar refractivity (Wildman–Crippen MR) is 83.4 cm³/mol. The number of nitrogens with zero attached hydrogens (tertiary/aromatic N) is 2. The number of aromatic nitrogens is 2. The largest absolute Gasteiger partial charge is 0.420 e. The Kier molecular flexibility index (Phi) is 3.87. The number of amides is 1. The zero-order valence-electron chi connectivity index (χ0n) is 11.0. The molecule has 3 aromatic rings. The summed E-state index contributed by atoms with van der Waals surface area (Å²) in [7, 11) is 0. The van der Waals surface area contributed by atoms with Crippen molar-refractivity contribution < 1.29 is 9.21 Å². The summed E-state index contributed by atoms with van der Waals surface area (Å²) in [6.45, 7) is -0.212. The number of rotatable bonds is 3. The topological polar surface area (TPSA) is 77.1 Å². The summed E-state index contributed by atoms with van der Waals surface area (Å²) in [5, 5.41) is 3.48. The molecule has 1 amide bonds. The molecule has 112 valence electrons. The fraction of sp³-hybridized carbons (Fsp3) is 0.0714. The van der Waals surface area contributed by atoms with Gasteiger partial charge in [0.15, 0.2) is 5.58 Å². The lowest BCUT2D eigenvalue weighted by molar-refractivity contribution is -0.116. The number of nitrogens with one attached hydrogen (secondary N) is 1. The molecule has 6 nitrogen and oxygen atoms in total. The number of hydrogen-bond donors (Lipinski definition) is 1. The van der Waals surface area contributed by atoms with Crippen molar-refractivity contribution in [1.82, 2.24) is 9.55 Å². The van der Waals surface area contributed by atoms with E-state index in [0.717, 1.165) is 0 Å². The van der Waals surface area contributed by atoms with Crippen LogP contribution in [0.3, 0.4) is 0 Å². The van der Waals surface area contributed by atoms with Gasteiger partial charge >= 0.3 is 5.76 Å². The first-order valence-electron chi connectivity index (χ1n) is 6.23. The maximum Gasteiger partial charge on any atom is 0.420 e. The average Bonchev–Trinajstić information content (AvgIpc) is 2.77. The summed E-state index contributed by atoms with van der Waals surface area (Å²) < 4.78 is 6.26. The van der Waals surface area contributed by atoms with Crippen LogP contribution >= 0.6 is 23.2 Å². The molecule has 2 aromatic heterocycles. The molecule has 0 saturated carbocycles. The molecule has 1 aromatic carbocycles. The highest BCUT2D eigenvalue weighted by molar-refractivity contribution is 6.31. The van der Waals surface area contributed by atoms with Crippen LogP contribution in [-0.2, 0) is 11.3 Å². The zero-order chi connectivity index (χ0) is 15.7. The zero-order valence-corrected chi connectivity index (χ0v) is 12.6. The Bertz CT molecular complexity index is 900. The second-order valence-corrected chi connectivity index (χ2v) is 5.35. The van der Waals surface area contributed by atoms with Gasteiger partial charge in [-0.15, -0.1) is 0 Å². The molecule has 0 aliphatic rings. The normalized spacial score (nSPS) is 10.8. The van der Waals surface area contributed by atoms with E-state index < -0.39 is 11.7 Å². The summed E-state index contributed by atoms with van der Waals surface area (Å²) in [5.74, 6) is -0.704. The van der Waals surface area contributed by atoms with Crippen molar-refractivity contribution in [2.75, 3.05) is 5.32 Å². The van der Waals surface area contributed by atoms with Crippen LogP contribution in [0.1, 0.15) is 0 Å². The van der Waals surface area contributed by atoms with Crippen LogP contribution in [0.5, 0.6) is 0 Å². The lowest BCUT2D eigenvalue weighted by Crippen LogP contribution is -2.25. The Morgan fingerprint density at radius 2 is 2.00 bits per heavy atom. The van der Waals surface area contributed by atoms with E-state index in [2.05, 4.69) is 10.3 Å². The summed E-state index contributed by atoms with van der Waals surface area (Å²) in [6, 6.07) is 7.91. The van der Waals surface area contributed by atoms with Crippen molar-refractivity contribution in [2.45, 2.75) is 6.54 Å². The Hall–Kier alpha value is -2.31. The smallest absolute Gasteiger partial charge is 0.408 e. The minimum absolute atomic E-state index is 0.212. The van der Waals surface area contributed by atoms with Crippen molar-refractivity contribution in [1.29, 1.82) is 0 Å². The maximum absolute atomic E-state index is 12.0. The lowest BCUT2D eigenvalue weighted by atomic mass is 10.3. The number of hydrogen-bond acceptors (Lipinski definition) is 4. The summed E-state index contributed by atoms with van der Waals surface area (Å²) >= 11 is 11.6. The first-order valence-corrected chi connectivity index (χ1v) is 6.99. The Labute approximate surface area is 134 Å². The van der Waals surface area contributed by atoms with Crippen molar-refractivity contribution in [3.8, 4) is 0 Å². The summed E-state index contributed by atoms with van der Waals surface area (Å²) in [4.78, 5) is 27.8. The number of fused-ring (bicyclic) bond motifs is 1. The third-order valence-electron chi connectivity index (χ3n) is 2.93. The van der Waals surface area contributed by atoms with E-state index in [1.54, 1.807) is 30.3 Å². The van der Waals surface area contributed by atoms with Crippen LogP contribution in [-0.4, -0.2) is 15.5 Å². The van der Waals surface area contributed by atoms with Gasteiger partial charge in [-0.05, 0) is 30.3 Å². The molecule has 0 aliphatic heterocycles. The van der Waals surface area contributed by atoms with Crippen molar-refractivity contribution in [3.05, 3.63) is 57.1 Å². The maximum atomic E-state index is 12.0. The molecule has 1 N–H and O–H groups in total. The SMILES string of the molecule is O=C(Cn1c(=O)oc2ccc(Cl)cc21)Nc1ccc(Cl)cn1. The molecule has 0 spiro atoms. The molecule has 0 atom stereocenters. The number of pyridine rings is 1. The Morgan fingerprint density at radius 3 is 2.73 bits per heavy atom. The molecule has 0 unspecified atom stereocenters. The van der Waals surface area contributed by atoms with E-state index in [-0.39, 0.29) is 6.54 Å². The van der Waals surface area contributed by atoms with E-state index in [1.807, 2.05) is 0 Å². The summed E-state index contributed by atoms with van der Waals surface area (Å²) in [6.07, 6.45) is 1.41. The number of oxazole rings is 1. The van der Waals surface area contributed by atoms with Crippen molar-refractivity contribution >= 4 is 46.0 Å². The van der Waals surface area contributed by atoms with Gasteiger partial charge in [-0.2, -0.15) is 0 Å². The van der Waals surface area contributed by atoms with Crippen LogP contribution < -0.4 is 11.1 Å². The van der Waals surface area contributed by atoms with E-state index in [1.165, 1.54) is 10.8 Å². The lowest BCUT2D eigenvalue weighted by Gasteiger charge is -2.05. The fourth-order valence-electron chi connectivity index (χ4n) is 1.96. The van der Waals surface area contributed by atoms with Gasteiger partial charge in [0.05, 0.1) is 10.5 Å². The number of carbonyl (C=O) groups excluding carboxylic acids is 1. The predicted octanol–water partition coefficient (Wildman–Crippen LogP) is 2.94. The monoisotopic (exact) mass is 337 g/mol. The molecule has 0 saturated heterocycles. The van der Waals surface area contributed by atoms with E-state index in [0.29, 0.717) is 27.0 Å². The minimum Gasteiger partial charge on any atom is -0.408 e. The van der Waals surface area contributed by atoms with Gasteiger partial charge in [-0.1, -0.05) is 23.2 Å². The standard InChI is InChI=1S/C14H9Cl2N3O3/c15-8-1-3-11-10(5-8)19(14(21)22-11)7-13(20)18-12-4-2-9(16)6-17-12/h1-6H,7H2,(H,17,18,20). The van der Waals surface area contributed by atoms with Gasteiger partial charge in [0.2, 0.25) is 5.91 Å². The number of benzene rings is 1. The first-order chi connectivity index (χ1) is 10.5. The van der Waals surface area contributed by atoms with Crippen LogP contribution in [0, 0.1) is 0 Å². The third-order valence-corrected chi connectivity index (χ3v) is 3.38. The van der Waals surface area contributed by atoms with Crippen LogP contribution in [0.4, 0.5) is 5.82 Å². The molecule has 0 fully saturated rings. The van der Waals surface area contributed by atoms with E-state index in [9.17, 15) is 9.59 Å². The van der Waals surface area contributed by atoms with Gasteiger partial charge in [0, 0.05) is 11.2 Å². The average molecular weight is 338 g/mol. The Morgan fingerprint density at radius 1 is 1.23 bits per heavy atom. The van der Waals surface area contributed by atoms with Crippen molar-refractivity contribution in [3.63, 3.8) is 0 Å². The van der Waals surface area contributed by atoms with Crippen LogP contribution in [0.2, 0.25) is 10.0 Å². The molecule has 0 bridgehead atoms. The third kappa shape index (κ3) is 2.98. The number of carbonyl (C=O) groups is 1. The van der Waals surface area contributed by atoms with E-state index in [4.69, 9.17) is 27.6 Å². The fourth-order valence-corrected chi connectivity index (χ4v) is 2.24. The second-order valence-electron chi connectivity index (χ2n) is 4.48. The highest BCUT2D eigenvalue weighted by Crippen LogP contribution is 2.18. The van der Waals surface area contributed by atoms with Gasteiger partial charge in [-0.3, -0.25) is 9.36 Å². The van der Waals surface area contributed by atoms with Crippen LogP contribution in [0.25, 0.3) is 11.1 Å². The van der Waals surface area contributed by atoms with Gasteiger partial charge in [-0.25, -0.2) is 9.78 Å². The first kappa shape index (κ1) is 14.6. The minimum atomic E-state index is -0.628. The molecule has 0 aliphatic carbocycles. The van der Waals surface area contributed by atoms with E-state index >= 15 is 0 Å². The number of halogens is 2. The molecule has 2 heterocycles. The second kappa shape index (κ2) is 5.82. The Balaban J connectivity index is 1.85.